The number of Topliss-reactive ketones (excluding diaryl/α,β-unsaturated/α-hetero) is 1. The van der Waals surface area contributed by atoms with Gasteiger partial charge in [-0.3, -0.25) is 4.79 Å². The van der Waals surface area contributed by atoms with Crippen LogP contribution >= 0.6 is 69.0 Å². The first kappa shape index (κ1) is 17.3. The lowest BCUT2D eigenvalue weighted by Gasteiger charge is -2.13. The van der Waals surface area contributed by atoms with Crippen molar-refractivity contribution >= 4 is 74.8 Å². The lowest BCUT2D eigenvalue weighted by Crippen LogP contribution is -2.15. The lowest BCUT2D eigenvalue weighted by molar-refractivity contribution is -0.137. The summed E-state index contributed by atoms with van der Waals surface area (Å²) >= 11 is 23.1. The molecule has 0 amide bonds. The minimum atomic E-state index is -4.82. The van der Waals surface area contributed by atoms with Crippen LogP contribution in [0.5, 0.6) is 0 Å². The van der Waals surface area contributed by atoms with Gasteiger partial charge in [-0.15, -0.1) is 0 Å². The van der Waals surface area contributed by atoms with Crippen molar-refractivity contribution in [2.24, 2.45) is 0 Å². The number of halogens is 8. The summed E-state index contributed by atoms with van der Waals surface area (Å²) in [5, 5.41) is -1.15. The van der Waals surface area contributed by atoms with Crippen LogP contribution in [0.4, 0.5) is 13.2 Å². The number of allylic oxidation sites excluding steroid dienone is 1. The van der Waals surface area contributed by atoms with Gasteiger partial charge in [0.2, 0.25) is 5.78 Å². The summed E-state index contributed by atoms with van der Waals surface area (Å²) in [6.07, 6.45) is -4.82. The predicted octanol–water partition coefficient (Wildman–Crippen LogP) is 5.67. The minimum Gasteiger partial charge on any atom is -0.288 e. The third-order valence-corrected chi connectivity index (χ3v) is 4.35. The van der Waals surface area contributed by atoms with Gasteiger partial charge in [-0.25, -0.2) is 4.98 Å². The van der Waals surface area contributed by atoms with E-state index in [1.54, 1.807) is 0 Å². The Morgan fingerprint density at radius 3 is 2.21 bits per heavy atom. The molecule has 0 unspecified atom stereocenters. The van der Waals surface area contributed by atoms with Crippen LogP contribution < -0.4 is 0 Å². The van der Waals surface area contributed by atoms with Gasteiger partial charge < -0.3 is 0 Å². The molecule has 0 saturated carbocycles. The molecule has 104 valence electrons. The van der Waals surface area contributed by atoms with Crippen LogP contribution in [0, 0.1) is 0 Å². The maximum atomic E-state index is 12.9. The van der Waals surface area contributed by atoms with Crippen molar-refractivity contribution in [3.05, 3.63) is 35.6 Å². The van der Waals surface area contributed by atoms with Crippen LogP contribution in [-0.2, 0) is 6.18 Å². The Kier molecular flexibility index (Phi) is 5.77. The quantitative estimate of drug-likeness (QED) is 0.244. The standard InChI is InChI=1S/C9HCl4F3INO/c10-3-1-2(9(14,15)16)4(8(13)18-3)6(19)5(17)7(11)12/h1H. The number of carbonyl (C=O) groups is 1. The normalized spacial score (nSPS) is 11.4. The van der Waals surface area contributed by atoms with Gasteiger partial charge in [-0.05, 0) is 28.7 Å². The van der Waals surface area contributed by atoms with Crippen LogP contribution in [0.1, 0.15) is 15.9 Å². The molecule has 0 aliphatic heterocycles. The fourth-order valence-electron chi connectivity index (χ4n) is 1.12. The fraction of sp³-hybridized carbons (Fsp3) is 0.111. The zero-order valence-electron chi connectivity index (χ0n) is 8.46. The van der Waals surface area contributed by atoms with E-state index in [0.29, 0.717) is 6.07 Å². The fourth-order valence-corrected chi connectivity index (χ4v) is 2.08. The molecular formula is C9HCl4F3INO. The molecule has 10 heteroatoms. The third kappa shape index (κ3) is 4.10. The number of ketones is 1. The summed E-state index contributed by atoms with van der Waals surface area (Å²) < 4.78 is 37.8. The van der Waals surface area contributed by atoms with Crippen molar-refractivity contribution in [2.75, 3.05) is 0 Å². The van der Waals surface area contributed by atoms with Crippen molar-refractivity contribution in [1.29, 1.82) is 0 Å². The third-order valence-electron chi connectivity index (χ3n) is 1.84. The molecule has 0 aliphatic carbocycles. The number of rotatable bonds is 2. The molecule has 0 fully saturated rings. The molecule has 19 heavy (non-hydrogen) atoms. The summed E-state index contributed by atoms with van der Waals surface area (Å²) in [5.41, 5.74) is -2.15. The number of alkyl halides is 3. The maximum absolute atomic E-state index is 12.9. The molecule has 0 N–H and O–H groups in total. The molecule has 1 rings (SSSR count). The Hall–Kier alpha value is 0.240. The molecule has 0 aliphatic rings. The van der Waals surface area contributed by atoms with Crippen LogP contribution in [0.2, 0.25) is 10.3 Å². The van der Waals surface area contributed by atoms with E-state index >= 15 is 0 Å². The Bertz CT molecular complexity index is 569. The van der Waals surface area contributed by atoms with Crippen molar-refractivity contribution in [3.8, 4) is 0 Å². The summed E-state index contributed by atoms with van der Waals surface area (Å²) in [7, 11) is 0. The number of aromatic nitrogens is 1. The van der Waals surface area contributed by atoms with Gasteiger partial charge in [0.1, 0.15) is 14.8 Å². The van der Waals surface area contributed by atoms with Crippen molar-refractivity contribution in [3.63, 3.8) is 0 Å². The molecule has 0 atom stereocenters. The van der Waals surface area contributed by atoms with Gasteiger partial charge in [-0.1, -0.05) is 46.4 Å². The Morgan fingerprint density at radius 2 is 1.79 bits per heavy atom. The largest absolute Gasteiger partial charge is 0.417 e. The highest BCUT2D eigenvalue weighted by Crippen LogP contribution is 2.38. The summed E-state index contributed by atoms with van der Waals surface area (Å²) in [4.78, 5) is 15.3. The van der Waals surface area contributed by atoms with Gasteiger partial charge >= 0.3 is 6.18 Å². The SMILES string of the molecule is O=C(C(I)=C(Cl)Cl)c1c(C(F)(F)F)cc(Cl)nc1Cl. The molecule has 0 saturated heterocycles. The first-order valence-corrected chi connectivity index (χ1v) is 6.83. The van der Waals surface area contributed by atoms with E-state index in [-0.39, 0.29) is 3.58 Å². The number of nitrogens with zero attached hydrogens (tertiary/aromatic N) is 1. The van der Waals surface area contributed by atoms with Crippen molar-refractivity contribution in [1.82, 2.24) is 4.98 Å². The van der Waals surface area contributed by atoms with Crippen LogP contribution in [-0.4, -0.2) is 10.8 Å². The zero-order chi connectivity index (χ0) is 15.0. The molecule has 0 radical (unpaired) electrons. The van der Waals surface area contributed by atoms with E-state index in [9.17, 15) is 18.0 Å². The van der Waals surface area contributed by atoms with Gasteiger partial charge in [0.05, 0.1) is 14.7 Å². The van der Waals surface area contributed by atoms with E-state index < -0.39 is 37.9 Å². The molecule has 1 heterocycles. The smallest absolute Gasteiger partial charge is 0.288 e. The van der Waals surface area contributed by atoms with Crippen LogP contribution in [0.3, 0.4) is 0 Å². The average molecular weight is 465 g/mol. The monoisotopic (exact) mass is 463 g/mol. The summed E-state index contributed by atoms with van der Waals surface area (Å²) in [5.74, 6) is -1.08. The molecule has 0 spiro atoms. The number of pyridine rings is 1. The van der Waals surface area contributed by atoms with Gasteiger partial charge in [0.25, 0.3) is 0 Å². The second kappa shape index (κ2) is 6.34. The van der Waals surface area contributed by atoms with Crippen molar-refractivity contribution < 1.29 is 18.0 Å². The second-order valence-corrected chi connectivity index (χ2v) is 5.83. The molecule has 0 bridgehead atoms. The Balaban J connectivity index is 3.60. The van der Waals surface area contributed by atoms with Gasteiger partial charge in [-0.2, -0.15) is 13.2 Å². The first-order valence-electron chi connectivity index (χ1n) is 4.24. The summed E-state index contributed by atoms with van der Waals surface area (Å²) in [6.45, 7) is 0. The maximum Gasteiger partial charge on any atom is 0.417 e. The van der Waals surface area contributed by atoms with E-state index in [0.717, 1.165) is 0 Å². The van der Waals surface area contributed by atoms with Gasteiger partial charge in [0, 0.05) is 0 Å². The zero-order valence-corrected chi connectivity index (χ0v) is 13.6. The minimum absolute atomic E-state index is 0.308. The van der Waals surface area contributed by atoms with E-state index in [2.05, 4.69) is 4.98 Å². The number of hydrogen-bond acceptors (Lipinski definition) is 2. The van der Waals surface area contributed by atoms with Gasteiger partial charge in [0.15, 0.2) is 0 Å². The molecule has 2 nitrogen and oxygen atoms in total. The molecular weight excluding hydrogens is 464 g/mol. The average Bonchev–Trinajstić information content (AvgIpc) is 2.24. The second-order valence-electron chi connectivity index (χ2n) is 3.06. The molecule has 0 aromatic carbocycles. The Labute approximate surface area is 139 Å². The number of carbonyl (C=O) groups excluding carboxylic acids is 1. The first-order chi connectivity index (χ1) is 8.55. The highest BCUT2D eigenvalue weighted by Gasteiger charge is 2.38. The number of hydrogen-bond donors (Lipinski definition) is 0. The lowest BCUT2D eigenvalue weighted by atomic mass is 10.1. The highest BCUT2D eigenvalue weighted by atomic mass is 127. The van der Waals surface area contributed by atoms with Crippen LogP contribution in [0.15, 0.2) is 14.1 Å². The van der Waals surface area contributed by atoms with E-state index in [4.69, 9.17) is 46.4 Å². The van der Waals surface area contributed by atoms with E-state index in [1.165, 1.54) is 22.6 Å². The Morgan fingerprint density at radius 1 is 1.26 bits per heavy atom. The van der Waals surface area contributed by atoms with Crippen molar-refractivity contribution in [2.45, 2.75) is 6.18 Å². The topological polar surface area (TPSA) is 30.0 Å². The van der Waals surface area contributed by atoms with Crippen LogP contribution in [0.25, 0.3) is 0 Å². The molecule has 1 aromatic rings. The highest BCUT2D eigenvalue weighted by molar-refractivity contribution is 14.1. The van der Waals surface area contributed by atoms with E-state index in [1.807, 2.05) is 0 Å². The molecule has 1 aromatic heterocycles. The summed E-state index contributed by atoms with van der Waals surface area (Å²) in [6, 6.07) is 0.507. The predicted molar refractivity (Wildman–Crippen MR) is 76.3 cm³/mol.